The van der Waals surface area contributed by atoms with Crippen molar-refractivity contribution in [1.82, 2.24) is 4.90 Å². The van der Waals surface area contributed by atoms with Crippen LogP contribution in [0.4, 0.5) is 0 Å². The van der Waals surface area contributed by atoms with Gasteiger partial charge in [0.15, 0.2) is 0 Å². The fraction of sp³-hybridized carbons (Fsp3) is 0.714. The maximum absolute atomic E-state index is 12.7. The molecule has 8 heteroatoms. The summed E-state index contributed by atoms with van der Waals surface area (Å²) >= 11 is 0. The summed E-state index contributed by atoms with van der Waals surface area (Å²) < 4.78 is 16.1. The zero-order valence-electron chi connectivity index (χ0n) is 18.1. The summed E-state index contributed by atoms with van der Waals surface area (Å²) in [5.74, 6) is -1.32. The first-order chi connectivity index (χ1) is 13.5. The van der Waals surface area contributed by atoms with Crippen LogP contribution in [0.1, 0.15) is 41.0 Å². The van der Waals surface area contributed by atoms with E-state index < -0.39 is 23.3 Å². The van der Waals surface area contributed by atoms with Crippen molar-refractivity contribution >= 4 is 11.9 Å². The zero-order valence-corrected chi connectivity index (χ0v) is 18.1. The van der Waals surface area contributed by atoms with Crippen molar-refractivity contribution in [2.75, 3.05) is 26.8 Å². The Bertz CT molecular complexity index is 694. The molecule has 0 spiro atoms. The number of allylic oxidation sites excluding steroid dienone is 1. The van der Waals surface area contributed by atoms with E-state index >= 15 is 0 Å². The number of hydrogen-bond donors (Lipinski definition) is 2. The van der Waals surface area contributed by atoms with E-state index in [0.717, 1.165) is 12.1 Å². The molecule has 0 aromatic heterocycles. The number of ether oxygens (including phenoxy) is 3. The van der Waals surface area contributed by atoms with Gasteiger partial charge in [0, 0.05) is 25.8 Å². The van der Waals surface area contributed by atoms with Gasteiger partial charge in [-0.3, -0.25) is 4.90 Å². The van der Waals surface area contributed by atoms with E-state index in [1.165, 1.54) is 27.9 Å². The third kappa shape index (κ3) is 4.55. The number of methoxy groups -OCH3 is 1. The molecule has 1 fully saturated rings. The van der Waals surface area contributed by atoms with E-state index in [2.05, 4.69) is 4.90 Å². The van der Waals surface area contributed by atoms with E-state index in [9.17, 15) is 19.8 Å². The Hall–Kier alpha value is -1.74. The quantitative estimate of drug-likeness (QED) is 0.346. The van der Waals surface area contributed by atoms with Crippen LogP contribution in [-0.4, -0.2) is 83.3 Å². The third-order valence-electron chi connectivity index (χ3n) is 5.98. The SMILES string of the molecule is CC=C(C)C(=O)OC1CCN2CC=C(COC(=O)C(O)(C(C)OC)C(C)(C)O)C12. The summed E-state index contributed by atoms with van der Waals surface area (Å²) in [7, 11) is 1.34. The predicted octanol–water partition coefficient (Wildman–Crippen LogP) is 0.959. The fourth-order valence-corrected chi connectivity index (χ4v) is 3.82. The topological polar surface area (TPSA) is 106 Å². The van der Waals surface area contributed by atoms with Crippen molar-refractivity contribution in [1.29, 1.82) is 0 Å². The maximum atomic E-state index is 12.7. The van der Waals surface area contributed by atoms with Gasteiger partial charge >= 0.3 is 11.9 Å². The van der Waals surface area contributed by atoms with Gasteiger partial charge in [0.05, 0.1) is 12.1 Å². The minimum Gasteiger partial charge on any atom is -0.459 e. The number of fused-ring (bicyclic) bond motifs is 1. The molecule has 0 aromatic carbocycles. The molecule has 1 saturated heterocycles. The Morgan fingerprint density at radius 1 is 1.38 bits per heavy atom. The van der Waals surface area contributed by atoms with Crippen LogP contribution < -0.4 is 0 Å². The number of esters is 2. The standard InChI is InChI=1S/C21H33NO7/c1-7-13(2)18(23)29-16-9-11-22-10-8-15(17(16)22)12-28-19(24)21(26,14(3)27-6)20(4,5)25/h7-8,14,16-17,25-26H,9-12H2,1-6H3. The highest BCUT2D eigenvalue weighted by Gasteiger charge is 2.55. The van der Waals surface area contributed by atoms with Crippen molar-refractivity contribution in [2.45, 2.75) is 70.5 Å². The molecular weight excluding hydrogens is 378 g/mol. The maximum Gasteiger partial charge on any atom is 0.344 e. The first-order valence-electron chi connectivity index (χ1n) is 9.89. The van der Waals surface area contributed by atoms with Crippen LogP contribution in [0.25, 0.3) is 0 Å². The van der Waals surface area contributed by atoms with Gasteiger partial charge in [0.1, 0.15) is 18.3 Å². The number of hydrogen-bond acceptors (Lipinski definition) is 8. The normalized spacial score (nSPS) is 25.8. The average molecular weight is 411 g/mol. The lowest BCUT2D eigenvalue weighted by Gasteiger charge is -2.40. The van der Waals surface area contributed by atoms with Crippen molar-refractivity contribution in [3.63, 3.8) is 0 Å². The lowest BCUT2D eigenvalue weighted by atomic mass is 9.81. The molecule has 164 valence electrons. The Labute approximate surface area is 172 Å². The molecule has 0 aromatic rings. The van der Waals surface area contributed by atoms with Crippen LogP contribution in [0.3, 0.4) is 0 Å². The molecule has 0 saturated carbocycles. The van der Waals surface area contributed by atoms with Crippen LogP contribution in [0.5, 0.6) is 0 Å². The monoisotopic (exact) mass is 411 g/mol. The number of rotatable bonds is 8. The van der Waals surface area contributed by atoms with Crippen molar-refractivity contribution in [3.8, 4) is 0 Å². The van der Waals surface area contributed by atoms with Crippen LogP contribution in [0.2, 0.25) is 0 Å². The fourth-order valence-electron chi connectivity index (χ4n) is 3.82. The Balaban J connectivity index is 2.08. The summed E-state index contributed by atoms with van der Waals surface area (Å²) in [5, 5.41) is 21.2. The molecule has 4 atom stereocenters. The molecule has 2 aliphatic rings. The summed E-state index contributed by atoms with van der Waals surface area (Å²) in [6.45, 7) is 9.03. The third-order valence-corrected chi connectivity index (χ3v) is 5.98. The van der Waals surface area contributed by atoms with E-state index in [1.807, 2.05) is 6.08 Å². The van der Waals surface area contributed by atoms with Gasteiger partial charge in [-0.2, -0.15) is 0 Å². The number of aliphatic hydroxyl groups is 2. The second-order valence-electron chi connectivity index (χ2n) is 8.20. The van der Waals surface area contributed by atoms with Gasteiger partial charge in [-0.25, -0.2) is 9.59 Å². The molecule has 0 amide bonds. The van der Waals surface area contributed by atoms with E-state index in [0.29, 0.717) is 18.5 Å². The second kappa shape index (κ2) is 8.95. The number of nitrogens with zero attached hydrogens (tertiary/aromatic N) is 1. The van der Waals surface area contributed by atoms with Gasteiger partial charge < -0.3 is 24.4 Å². The van der Waals surface area contributed by atoms with Crippen LogP contribution >= 0.6 is 0 Å². The first-order valence-corrected chi connectivity index (χ1v) is 9.89. The summed E-state index contributed by atoms with van der Waals surface area (Å²) in [6, 6.07) is -0.161. The molecule has 8 nitrogen and oxygen atoms in total. The highest BCUT2D eigenvalue weighted by atomic mass is 16.6. The Kier molecular flexibility index (Phi) is 7.27. The lowest BCUT2D eigenvalue weighted by molar-refractivity contribution is -0.216. The molecule has 0 radical (unpaired) electrons. The molecule has 2 heterocycles. The van der Waals surface area contributed by atoms with E-state index in [1.54, 1.807) is 19.9 Å². The molecule has 0 bridgehead atoms. The first kappa shape index (κ1) is 23.5. The minimum atomic E-state index is -2.23. The van der Waals surface area contributed by atoms with Gasteiger partial charge in [0.2, 0.25) is 5.60 Å². The summed E-state index contributed by atoms with van der Waals surface area (Å²) in [5.41, 5.74) is -2.65. The van der Waals surface area contributed by atoms with Crippen LogP contribution in [0.15, 0.2) is 23.3 Å². The highest BCUT2D eigenvalue weighted by Crippen LogP contribution is 2.33. The highest BCUT2D eigenvalue weighted by molar-refractivity contribution is 5.87. The zero-order chi connectivity index (χ0) is 22.0. The molecule has 29 heavy (non-hydrogen) atoms. The van der Waals surface area contributed by atoms with Gasteiger partial charge in [-0.05, 0) is 46.6 Å². The predicted molar refractivity (Wildman–Crippen MR) is 106 cm³/mol. The second-order valence-corrected chi connectivity index (χ2v) is 8.20. The van der Waals surface area contributed by atoms with Gasteiger partial charge in [0.25, 0.3) is 0 Å². The molecule has 2 rings (SSSR count). The summed E-state index contributed by atoms with van der Waals surface area (Å²) in [6.07, 6.45) is 3.05. The molecule has 2 aliphatic heterocycles. The summed E-state index contributed by atoms with van der Waals surface area (Å²) in [4.78, 5) is 27.0. The van der Waals surface area contributed by atoms with E-state index in [-0.39, 0.29) is 24.7 Å². The Morgan fingerprint density at radius 2 is 2.03 bits per heavy atom. The lowest BCUT2D eigenvalue weighted by Crippen LogP contribution is -2.63. The van der Waals surface area contributed by atoms with Gasteiger partial charge in [-0.15, -0.1) is 0 Å². The smallest absolute Gasteiger partial charge is 0.344 e. The largest absolute Gasteiger partial charge is 0.459 e. The molecular formula is C21H33NO7. The number of carbonyl (C=O) groups is 2. The Morgan fingerprint density at radius 3 is 2.59 bits per heavy atom. The average Bonchev–Trinajstić information content (AvgIpc) is 3.26. The molecule has 0 aliphatic carbocycles. The van der Waals surface area contributed by atoms with Crippen molar-refractivity contribution in [3.05, 3.63) is 23.3 Å². The van der Waals surface area contributed by atoms with Crippen LogP contribution in [-0.2, 0) is 23.8 Å². The van der Waals surface area contributed by atoms with E-state index in [4.69, 9.17) is 14.2 Å². The molecule has 2 N–H and O–H groups in total. The minimum absolute atomic E-state index is 0.0640. The van der Waals surface area contributed by atoms with Crippen molar-refractivity contribution in [2.24, 2.45) is 0 Å². The van der Waals surface area contributed by atoms with Crippen molar-refractivity contribution < 1.29 is 34.0 Å². The van der Waals surface area contributed by atoms with Crippen LogP contribution in [0, 0.1) is 0 Å². The number of carbonyl (C=O) groups excluding carboxylic acids is 2. The molecule has 4 unspecified atom stereocenters. The van der Waals surface area contributed by atoms with Gasteiger partial charge in [-0.1, -0.05) is 12.2 Å².